The van der Waals surface area contributed by atoms with Gasteiger partial charge in [0.15, 0.2) is 0 Å². The summed E-state index contributed by atoms with van der Waals surface area (Å²) in [6.07, 6.45) is 9.08. The van der Waals surface area contributed by atoms with Gasteiger partial charge in [-0.1, -0.05) is 12.1 Å². The lowest BCUT2D eigenvalue weighted by Gasteiger charge is -2.31. The monoisotopic (exact) mass is 296 g/mol. The summed E-state index contributed by atoms with van der Waals surface area (Å²) in [6, 6.07) is 8.79. The first-order valence-electron chi connectivity index (χ1n) is 7.91. The van der Waals surface area contributed by atoms with Crippen molar-refractivity contribution < 1.29 is 4.79 Å². The maximum atomic E-state index is 12.2. The van der Waals surface area contributed by atoms with Crippen LogP contribution in [0, 0.1) is 5.92 Å². The lowest BCUT2D eigenvalue weighted by Crippen LogP contribution is -2.32. The number of benzene rings is 1. The number of piperidine rings is 1. The van der Waals surface area contributed by atoms with Crippen LogP contribution in [0.4, 0.5) is 11.4 Å². The molecule has 2 aromatic rings. The van der Waals surface area contributed by atoms with Crippen LogP contribution in [0.25, 0.3) is 0 Å². The Kier molecular flexibility index (Phi) is 3.33. The third-order valence-corrected chi connectivity index (χ3v) is 4.78. The number of nitrogens with zero attached hydrogens (tertiary/aromatic N) is 3. The Labute approximate surface area is 130 Å². The molecule has 2 fully saturated rings. The van der Waals surface area contributed by atoms with Crippen LogP contribution in [0.15, 0.2) is 43.0 Å². The molecular formula is C17H20N4O. The summed E-state index contributed by atoms with van der Waals surface area (Å²) in [4.78, 5) is 18.7. The number of nitrogens with one attached hydrogen (secondary N) is 1. The topological polar surface area (TPSA) is 50.2 Å². The zero-order valence-corrected chi connectivity index (χ0v) is 12.5. The molecule has 1 aliphatic heterocycles. The quantitative estimate of drug-likeness (QED) is 0.943. The molecule has 114 valence electrons. The summed E-state index contributed by atoms with van der Waals surface area (Å²) in [5.41, 5.74) is 2.08. The average molecular weight is 296 g/mol. The van der Waals surface area contributed by atoms with Gasteiger partial charge in [0.25, 0.3) is 0 Å². The molecule has 1 amide bonds. The van der Waals surface area contributed by atoms with E-state index >= 15 is 0 Å². The van der Waals surface area contributed by atoms with Gasteiger partial charge in [-0.15, -0.1) is 0 Å². The number of amides is 1. The first kappa shape index (κ1) is 13.4. The van der Waals surface area contributed by atoms with Crippen molar-refractivity contribution in [2.75, 3.05) is 16.8 Å². The first-order valence-corrected chi connectivity index (χ1v) is 7.91. The highest BCUT2D eigenvalue weighted by Crippen LogP contribution is 2.42. The SMILES string of the molecule is O=C(Cn1ccnc1)Nc1ccccc1N1CC2CCC1C2. The molecule has 2 unspecified atom stereocenters. The molecule has 1 saturated heterocycles. The van der Waals surface area contributed by atoms with E-state index in [1.54, 1.807) is 23.3 Å². The Hall–Kier alpha value is -2.30. The highest BCUT2D eigenvalue weighted by atomic mass is 16.1. The first-order chi connectivity index (χ1) is 10.8. The van der Waals surface area contributed by atoms with Crippen LogP contribution in [0.5, 0.6) is 0 Å². The Morgan fingerprint density at radius 1 is 1.32 bits per heavy atom. The Morgan fingerprint density at radius 2 is 2.23 bits per heavy atom. The molecule has 22 heavy (non-hydrogen) atoms. The van der Waals surface area contributed by atoms with Crippen molar-refractivity contribution in [1.29, 1.82) is 0 Å². The fraction of sp³-hybridized carbons (Fsp3) is 0.412. The van der Waals surface area contributed by atoms with Crippen molar-refractivity contribution in [3.63, 3.8) is 0 Å². The van der Waals surface area contributed by atoms with Crippen LogP contribution in [-0.2, 0) is 11.3 Å². The number of carbonyl (C=O) groups excluding carboxylic acids is 1. The number of imidazole rings is 1. The van der Waals surface area contributed by atoms with Gasteiger partial charge in [0, 0.05) is 25.0 Å². The largest absolute Gasteiger partial charge is 0.367 e. The van der Waals surface area contributed by atoms with E-state index in [9.17, 15) is 4.79 Å². The summed E-state index contributed by atoms with van der Waals surface area (Å²) in [7, 11) is 0. The lowest BCUT2D eigenvalue weighted by molar-refractivity contribution is -0.116. The highest BCUT2D eigenvalue weighted by Gasteiger charge is 2.38. The van der Waals surface area contributed by atoms with E-state index in [4.69, 9.17) is 0 Å². The van der Waals surface area contributed by atoms with Gasteiger partial charge < -0.3 is 14.8 Å². The second-order valence-electron chi connectivity index (χ2n) is 6.29. The van der Waals surface area contributed by atoms with Crippen LogP contribution in [0.3, 0.4) is 0 Å². The van der Waals surface area contributed by atoms with Crippen molar-refractivity contribution in [1.82, 2.24) is 9.55 Å². The number of anilines is 2. The molecule has 0 spiro atoms. The zero-order chi connectivity index (χ0) is 14.9. The molecule has 5 nitrogen and oxygen atoms in total. The summed E-state index contributed by atoms with van der Waals surface area (Å²) in [5, 5.41) is 3.06. The molecule has 2 heterocycles. The number of aromatic nitrogens is 2. The van der Waals surface area contributed by atoms with Gasteiger partial charge in [-0.25, -0.2) is 4.98 Å². The number of hydrogen-bond donors (Lipinski definition) is 1. The predicted octanol–water partition coefficient (Wildman–Crippen LogP) is 2.51. The summed E-state index contributed by atoms with van der Waals surface area (Å²) < 4.78 is 1.77. The Balaban J connectivity index is 1.51. The van der Waals surface area contributed by atoms with Crippen LogP contribution in [0.1, 0.15) is 19.3 Å². The van der Waals surface area contributed by atoms with E-state index in [0.29, 0.717) is 12.6 Å². The molecule has 5 heteroatoms. The van der Waals surface area contributed by atoms with Gasteiger partial charge in [0.1, 0.15) is 6.54 Å². The van der Waals surface area contributed by atoms with Gasteiger partial charge in [0.2, 0.25) is 5.91 Å². The third kappa shape index (κ3) is 2.47. The fourth-order valence-corrected chi connectivity index (χ4v) is 3.79. The van der Waals surface area contributed by atoms with E-state index in [-0.39, 0.29) is 5.91 Å². The lowest BCUT2D eigenvalue weighted by atomic mass is 10.1. The van der Waals surface area contributed by atoms with E-state index in [2.05, 4.69) is 21.3 Å². The fourth-order valence-electron chi connectivity index (χ4n) is 3.79. The number of rotatable bonds is 4. The van der Waals surface area contributed by atoms with Gasteiger partial charge in [-0.2, -0.15) is 0 Å². The summed E-state index contributed by atoms with van der Waals surface area (Å²) >= 11 is 0. The van der Waals surface area contributed by atoms with Crippen molar-refractivity contribution in [2.24, 2.45) is 5.92 Å². The van der Waals surface area contributed by atoms with Crippen molar-refractivity contribution >= 4 is 17.3 Å². The van der Waals surface area contributed by atoms with Gasteiger partial charge in [-0.3, -0.25) is 4.79 Å². The molecule has 1 aromatic heterocycles. The molecular weight excluding hydrogens is 276 g/mol. The second-order valence-corrected chi connectivity index (χ2v) is 6.29. The van der Waals surface area contributed by atoms with Crippen LogP contribution in [0.2, 0.25) is 0 Å². The van der Waals surface area contributed by atoms with Crippen molar-refractivity contribution in [2.45, 2.75) is 31.8 Å². The molecule has 2 atom stereocenters. The number of para-hydroxylation sites is 2. The second kappa shape index (κ2) is 5.48. The van der Waals surface area contributed by atoms with Crippen LogP contribution < -0.4 is 10.2 Å². The maximum absolute atomic E-state index is 12.2. The van der Waals surface area contributed by atoms with Crippen molar-refractivity contribution in [3.8, 4) is 0 Å². The standard InChI is InChI=1S/C17H20N4O/c22-17(11-20-8-7-18-12-20)19-15-3-1-2-4-16(15)21-10-13-5-6-14(21)9-13/h1-4,7-8,12-14H,5-6,9-11H2,(H,19,22). The van der Waals surface area contributed by atoms with E-state index < -0.39 is 0 Å². The molecule has 1 aliphatic carbocycles. The Morgan fingerprint density at radius 3 is 2.95 bits per heavy atom. The number of hydrogen-bond acceptors (Lipinski definition) is 3. The highest BCUT2D eigenvalue weighted by molar-refractivity contribution is 5.94. The van der Waals surface area contributed by atoms with Gasteiger partial charge >= 0.3 is 0 Å². The minimum atomic E-state index is -0.0187. The summed E-state index contributed by atoms with van der Waals surface area (Å²) in [6.45, 7) is 1.42. The number of fused-ring (bicyclic) bond motifs is 2. The molecule has 4 rings (SSSR count). The van der Waals surface area contributed by atoms with Crippen LogP contribution in [-0.4, -0.2) is 28.0 Å². The average Bonchev–Trinajstić information content (AvgIpc) is 3.25. The molecule has 2 aliphatic rings. The molecule has 0 radical (unpaired) electrons. The van der Waals surface area contributed by atoms with Crippen LogP contribution >= 0.6 is 0 Å². The normalized spacial score (nSPS) is 23.0. The minimum Gasteiger partial charge on any atom is -0.367 e. The third-order valence-electron chi connectivity index (χ3n) is 4.78. The van der Waals surface area contributed by atoms with Gasteiger partial charge in [-0.05, 0) is 37.3 Å². The zero-order valence-electron chi connectivity index (χ0n) is 12.5. The predicted molar refractivity (Wildman–Crippen MR) is 85.8 cm³/mol. The Bertz CT molecular complexity index is 667. The number of carbonyl (C=O) groups is 1. The van der Waals surface area contributed by atoms with Crippen molar-refractivity contribution in [3.05, 3.63) is 43.0 Å². The van der Waals surface area contributed by atoms with Gasteiger partial charge in [0.05, 0.1) is 17.7 Å². The molecule has 1 N–H and O–H groups in total. The molecule has 1 saturated carbocycles. The van der Waals surface area contributed by atoms with E-state index in [0.717, 1.165) is 23.8 Å². The minimum absolute atomic E-state index is 0.0187. The molecule has 1 aromatic carbocycles. The smallest absolute Gasteiger partial charge is 0.244 e. The van der Waals surface area contributed by atoms with E-state index in [1.165, 1.54) is 19.3 Å². The van der Waals surface area contributed by atoms with E-state index in [1.807, 2.05) is 18.2 Å². The maximum Gasteiger partial charge on any atom is 0.244 e. The summed E-state index contributed by atoms with van der Waals surface area (Å²) in [5.74, 6) is 0.814. The molecule has 2 bridgehead atoms.